The Morgan fingerprint density at radius 3 is 2.70 bits per heavy atom. The van der Waals surface area contributed by atoms with E-state index in [0.717, 1.165) is 5.56 Å². The zero-order valence-electron chi connectivity index (χ0n) is 10.7. The molecule has 0 fully saturated rings. The Hall–Kier alpha value is -2.82. The second-order valence-electron chi connectivity index (χ2n) is 4.59. The molecule has 0 aliphatic carbocycles. The van der Waals surface area contributed by atoms with E-state index in [0.29, 0.717) is 22.1 Å². The van der Waals surface area contributed by atoms with Crippen LogP contribution in [-0.2, 0) is 0 Å². The third-order valence-corrected chi connectivity index (χ3v) is 3.27. The normalized spacial score (nSPS) is 10.8. The Morgan fingerprint density at radius 2 is 2.00 bits per heavy atom. The summed E-state index contributed by atoms with van der Waals surface area (Å²) in [4.78, 5) is 10.6. The molecule has 3 aromatic rings. The summed E-state index contributed by atoms with van der Waals surface area (Å²) in [6.45, 7) is 1.79. The van der Waals surface area contributed by atoms with Crippen molar-refractivity contribution < 1.29 is 14.4 Å². The standard InChI is InChI=1S/C15H11NO4/c1-9-2-3-10(7-14(9)17)13-8-12(16(18)19)6-11-4-5-20-15(11)13/h2-8,17H,1H3. The minimum absolute atomic E-state index is 0.00559. The SMILES string of the molecule is Cc1ccc(-c2cc([N+](=O)[O-])cc3ccoc23)cc1O. The van der Waals surface area contributed by atoms with Gasteiger partial charge in [0.1, 0.15) is 11.3 Å². The van der Waals surface area contributed by atoms with E-state index in [-0.39, 0.29) is 11.4 Å². The topological polar surface area (TPSA) is 76.5 Å². The Balaban J connectivity index is 2.30. The largest absolute Gasteiger partial charge is 0.508 e. The van der Waals surface area contributed by atoms with Gasteiger partial charge >= 0.3 is 0 Å². The summed E-state index contributed by atoms with van der Waals surface area (Å²) in [7, 11) is 0. The fraction of sp³-hybridized carbons (Fsp3) is 0.0667. The highest BCUT2D eigenvalue weighted by atomic mass is 16.6. The van der Waals surface area contributed by atoms with Crippen molar-refractivity contribution in [3.8, 4) is 16.9 Å². The van der Waals surface area contributed by atoms with Crippen molar-refractivity contribution in [1.29, 1.82) is 0 Å². The zero-order valence-corrected chi connectivity index (χ0v) is 10.7. The van der Waals surface area contributed by atoms with E-state index in [2.05, 4.69) is 0 Å². The van der Waals surface area contributed by atoms with E-state index in [1.54, 1.807) is 31.2 Å². The number of phenols is 1. The number of aryl methyl sites for hydroxylation is 1. The summed E-state index contributed by atoms with van der Waals surface area (Å²) in [6.07, 6.45) is 1.49. The molecule has 0 spiro atoms. The van der Waals surface area contributed by atoms with Gasteiger partial charge in [-0.2, -0.15) is 0 Å². The third-order valence-electron chi connectivity index (χ3n) is 3.27. The summed E-state index contributed by atoms with van der Waals surface area (Å²) >= 11 is 0. The molecule has 0 aliphatic heterocycles. The van der Waals surface area contributed by atoms with Crippen LogP contribution in [-0.4, -0.2) is 10.0 Å². The van der Waals surface area contributed by atoms with Gasteiger partial charge in [-0.15, -0.1) is 0 Å². The Kier molecular flexibility index (Phi) is 2.68. The number of benzene rings is 2. The first-order valence-corrected chi connectivity index (χ1v) is 6.02. The first-order valence-electron chi connectivity index (χ1n) is 6.02. The van der Waals surface area contributed by atoms with Crippen LogP contribution in [0.1, 0.15) is 5.56 Å². The fourth-order valence-corrected chi connectivity index (χ4v) is 2.16. The van der Waals surface area contributed by atoms with Crippen LogP contribution in [0, 0.1) is 17.0 Å². The van der Waals surface area contributed by atoms with Gasteiger partial charge in [0.05, 0.1) is 11.2 Å². The van der Waals surface area contributed by atoms with Crippen LogP contribution in [0.2, 0.25) is 0 Å². The number of phenolic OH excluding ortho intramolecular Hbond substituents is 1. The van der Waals surface area contributed by atoms with E-state index in [9.17, 15) is 15.2 Å². The van der Waals surface area contributed by atoms with E-state index in [1.165, 1.54) is 18.4 Å². The Bertz CT molecular complexity index is 820. The molecule has 100 valence electrons. The number of aromatic hydroxyl groups is 1. The molecule has 1 aromatic heterocycles. The minimum Gasteiger partial charge on any atom is -0.508 e. The van der Waals surface area contributed by atoms with Gasteiger partial charge in [-0.05, 0) is 30.2 Å². The van der Waals surface area contributed by atoms with Crippen LogP contribution < -0.4 is 0 Å². The third kappa shape index (κ3) is 1.89. The number of hydrogen-bond acceptors (Lipinski definition) is 4. The zero-order chi connectivity index (χ0) is 14.3. The van der Waals surface area contributed by atoms with Crippen LogP contribution in [0.3, 0.4) is 0 Å². The molecular formula is C15H11NO4. The minimum atomic E-state index is -0.440. The van der Waals surface area contributed by atoms with Gasteiger partial charge in [0, 0.05) is 23.1 Å². The highest BCUT2D eigenvalue weighted by Crippen LogP contribution is 2.35. The van der Waals surface area contributed by atoms with Crippen LogP contribution in [0.4, 0.5) is 5.69 Å². The molecule has 1 heterocycles. The lowest BCUT2D eigenvalue weighted by Crippen LogP contribution is -1.89. The molecule has 0 saturated carbocycles. The molecule has 0 unspecified atom stereocenters. The summed E-state index contributed by atoms with van der Waals surface area (Å²) in [5, 5.41) is 21.5. The van der Waals surface area contributed by atoms with E-state index < -0.39 is 4.92 Å². The quantitative estimate of drug-likeness (QED) is 0.563. The van der Waals surface area contributed by atoms with Gasteiger partial charge in [-0.1, -0.05) is 12.1 Å². The lowest BCUT2D eigenvalue weighted by atomic mass is 10.0. The van der Waals surface area contributed by atoms with Crippen LogP contribution in [0.5, 0.6) is 5.75 Å². The van der Waals surface area contributed by atoms with E-state index in [1.807, 2.05) is 0 Å². The maximum absolute atomic E-state index is 11.0. The number of nitrogens with zero attached hydrogens (tertiary/aromatic N) is 1. The smallest absolute Gasteiger partial charge is 0.270 e. The van der Waals surface area contributed by atoms with Crippen LogP contribution in [0.15, 0.2) is 47.1 Å². The number of non-ortho nitro benzene ring substituents is 1. The Morgan fingerprint density at radius 1 is 1.20 bits per heavy atom. The second kappa shape index (κ2) is 4.38. The van der Waals surface area contributed by atoms with E-state index in [4.69, 9.17) is 4.42 Å². The average molecular weight is 269 g/mol. The molecule has 20 heavy (non-hydrogen) atoms. The first kappa shape index (κ1) is 12.2. The van der Waals surface area contributed by atoms with Crippen molar-refractivity contribution in [2.75, 3.05) is 0 Å². The van der Waals surface area contributed by atoms with Crippen molar-refractivity contribution in [1.82, 2.24) is 0 Å². The number of hydrogen-bond donors (Lipinski definition) is 1. The molecule has 0 saturated heterocycles. The van der Waals surface area contributed by atoms with Gasteiger partial charge in [0.25, 0.3) is 5.69 Å². The number of nitro benzene ring substituents is 1. The lowest BCUT2D eigenvalue weighted by molar-refractivity contribution is -0.384. The number of nitro groups is 1. The van der Waals surface area contributed by atoms with Gasteiger partial charge < -0.3 is 9.52 Å². The summed E-state index contributed by atoms with van der Waals surface area (Å²) in [6, 6.07) is 9.75. The van der Waals surface area contributed by atoms with Crippen LogP contribution in [0.25, 0.3) is 22.1 Å². The molecule has 1 N–H and O–H groups in total. The highest BCUT2D eigenvalue weighted by molar-refractivity contribution is 5.94. The molecule has 0 amide bonds. The summed E-state index contributed by atoms with van der Waals surface area (Å²) in [5.74, 6) is 0.147. The van der Waals surface area contributed by atoms with Crippen molar-refractivity contribution in [3.05, 3.63) is 58.3 Å². The van der Waals surface area contributed by atoms with Crippen molar-refractivity contribution in [3.63, 3.8) is 0 Å². The van der Waals surface area contributed by atoms with Crippen molar-refractivity contribution in [2.24, 2.45) is 0 Å². The molecule has 2 aromatic carbocycles. The van der Waals surface area contributed by atoms with Crippen molar-refractivity contribution in [2.45, 2.75) is 6.92 Å². The maximum Gasteiger partial charge on any atom is 0.270 e. The molecule has 5 heteroatoms. The predicted octanol–water partition coefficient (Wildman–Crippen LogP) is 4.02. The van der Waals surface area contributed by atoms with Gasteiger partial charge in [-0.25, -0.2) is 0 Å². The van der Waals surface area contributed by atoms with E-state index >= 15 is 0 Å². The molecule has 0 aliphatic rings. The lowest BCUT2D eigenvalue weighted by Gasteiger charge is -2.05. The molecule has 0 radical (unpaired) electrons. The highest BCUT2D eigenvalue weighted by Gasteiger charge is 2.15. The molecule has 0 bridgehead atoms. The number of rotatable bonds is 2. The van der Waals surface area contributed by atoms with Crippen LogP contribution >= 0.6 is 0 Å². The predicted molar refractivity (Wildman–Crippen MR) is 74.7 cm³/mol. The van der Waals surface area contributed by atoms with Gasteiger partial charge in [0.15, 0.2) is 0 Å². The Labute approximate surface area is 114 Å². The average Bonchev–Trinajstić information content (AvgIpc) is 2.89. The summed E-state index contributed by atoms with van der Waals surface area (Å²) < 4.78 is 5.40. The molecule has 3 rings (SSSR count). The summed E-state index contributed by atoms with van der Waals surface area (Å²) in [5.41, 5.74) is 2.58. The fourth-order valence-electron chi connectivity index (χ4n) is 2.16. The number of furan rings is 1. The maximum atomic E-state index is 11.0. The number of fused-ring (bicyclic) bond motifs is 1. The molecule has 5 nitrogen and oxygen atoms in total. The van der Waals surface area contributed by atoms with Gasteiger partial charge in [0.2, 0.25) is 0 Å². The van der Waals surface area contributed by atoms with Crippen molar-refractivity contribution >= 4 is 16.7 Å². The monoisotopic (exact) mass is 269 g/mol. The second-order valence-corrected chi connectivity index (χ2v) is 4.59. The first-order chi connectivity index (χ1) is 9.56. The van der Waals surface area contributed by atoms with Gasteiger partial charge in [-0.3, -0.25) is 10.1 Å². The molecule has 0 atom stereocenters. The molecular weight excluding hydrogens is 258 g/mol.